The molecule has 1 aromatic rings. The fourth-order valence-corrected chi connectivity index (χ4v) is 1.83. The number of aromatic carboxylic acids is 1. The van der Waals surface area contributed by atoms with Crippen molar-refractivity contribution in [1.29, 1.82) is 0 Å². The lowest BCUT2D eigenvalue weighted by molar-refractivity contribution is 0.0632. The Balaban J connectivity index is 3.01. The number of nitrogens with one attached hydrogen (secondary N) is 1. The van der Waals surface area contributed by atoms with E-state index in [0.717, 1.165) is 0 Å². The first-order chi connectivity index (χ1) is 8.60. The van der Waals surface area contributed by atoms with Crippen molar-refractivity contribution in [2.24, 2.45) is 0 Å². The molecule has 0 saturated heterocycles. The van der Waals surface area contributed by atoms with E-state index in [0.29, 0.717) is 4.47 Å². The minimum atomic E-state index is -1.12. The molecule has 0 unspecified atom stereocenters. The van der Waals surface area contributed by atoms with Crippen molar-refractivity contribution in [2.75, 3.05) is 5.32 Å². The highest BCUT2D eigenvalue weighted by atomic mass is 79.9. The fraction of sp³-hybridized carbons (Fsp3) is 0.333. The topological polar surface area (TPSA) is 75.6 Å². The average Bonchev–Trinajstić information content (AvgIpc) is 2.21. The molecule has 19 heavy (non-hydrogen) atoms. The summed E-state index contributed by atoms with van der Waals surface area (Å²) in [6.07, 6.45) is -0.705. The van der Waals surface area contributed by atoms with E-state index in [9.17, 15) is 9.59 Å². The van der Waals surface area contributed by atoms with Crippen LogP contribution in [0.5, 0.6) is 0 Å². The second-order valence-electron chi connectivity index (χ2n) is 4.75. The Bertz CT molecular complexity index is 525. The van der Waals surface area contributed by atoms with Crippen LogP contribution in [0.2, 0.25) is 5.02 Å². The first-order valence-electron chi connectivity index (χ1n) is 5.32. The lowest BCUT2D eigenvalue weighted by Crippen LogP contribution is -2.27. The normalized spacial score (nSPS) is 11.0. The molecule has 0 spiro atoms. The molecule has 0 aliphatic carbocycles. The molecule has 5 nitrogen and oxygen atoms in total. The van der Waals surface area contributed by atoms with Crippen molar-refractivity contribution < 1.29 is 19.4 Å². The number of carbonyl (C=O) groups is 2. The zero-order valence-electron chi connectivity index (χ0n) is 10.6. The lowest BCUT2D eigenvalue weighted by atomic mass is 10.2. The number of carboxylic acid groups (broad SMARTS) is 1. The van der Waals surface area contributed by atoms with Gasteiger partial charge in [-0.15, -0.1) is 0 Å². The van der Waals surface area contributed by atoms with Crippen LogP contribution in [0.15, 0.2) is 16.6 Å². The summed E-state index contributed by atoms with van der Waals surface area (Å²) < 4.78 is 5.44. The smallest absolute Gasteiger partial charge is 0.412 e. The number of rotatable bonds is 2. The van der Waals surface area contributed by atoms with E-state index >= 15 is 0 Å². The lowest BCUT2D eigenvalue weighted by Gasteiger charge is -2.20. The van der Waals surface area contributed by atoms with Crippen molar-refractivity contribution >= 4 is 45.3 Å². The molecule has 2 N–H and O–H groups in total. The standard InChI is InChI=1S/C12H13BrClNO4/c1-12(2,3)19-11(18)15-8-5-6(10(16)17)4-7(13)9(8)14/h4-5H,1-3H3,(H,15,18)(H,16,17). The summed E-state index contributed by atoms with van der Waals surface area (Å²) in [7, 11) is 0. The van der Waals surface area contributed by atoms with Gasteiger partial charge in [0.1, 0.15) is 5.60 Å². The van der Waals surface area contributed by atoms with Crippen LogP contribution >= 0.6 is 27.5 Å². The van der Waals surface area contributed by atoms with Crippen LogP contribution in [0.25, 0.3) is 0 Å². The van der Waals surface area contributed by atoms with E-state index in [1.54, 1.807) is 20.8 Å². The zero-order chi connectivity index (χ0) is 14.8. The Kier molecular flexibility index (Phi) is 4.81. The number of amides is 1. The number of ether oxygens (including phenoxy) is 1. The number of hydrogen-bond acceptors (Lipinski definition) is 3. The molecular formula is C12H13BrClNO4. The Labute approximate surface area is 124 Å². The Morgan fingerprint density at radius 3 is 2.42 bits per heavy atom. The predicted molar refractivity (Wildman–Crippen MR) is 76.0 cm³/mol. The van der Waals surface area contributed by atoms with E-state index in [2.05, 4.69) is 21.2 Å². The van der Waals surface area contributed by atoms with Crippen LogP contribution in [0.3, 0.4) is 0 Å². The summed E-state index contributed by atoms with van der Waals surface area (Å²) in [6.45, 7) is 5.16. The highest BCUT2D eigenvalue weighted by Crippen LogP contribution is 2.32. The Hall–Kier alpha value is -1.27. The molecule has 0 atom stereocenters. The molecule has 0 saturated carbocycles. The van der Waals surface area contributed by atoms with Gasteiger partial charge in [0, 0.05) is 4.47 Å². The van der Waals surface area contributed by atoms with Gasteiger partial charge < -0.3 is 9.84 Å². The highest BCUT2D eigenvalue weighted by molar-refractivity contribution is 9.10. The first kappa shape index (κ1) is 15.8. The number of hydrogen-bond donors (Lipinski definition) is 2. The van der Waals surface area contributed by atoms with Gasteiger partial charge in [-0.3, -0.25) is 5.32 Å². The Morgan fingerprint density at radius 1 is 1.37 bits per heavy atom. The van der Waals surface area contributed by atoms with Gasteiger partial charge in [0.2, 0.25) is 0 Å². The number of carboxylic acids is 1. The second-order valence-corrected chi connectivity index (χ2v) is 5.98. The maximum atomic E-state index is 11.6. The molecule has 0 heterocycles. The zero-order valence-corrected chi connectivity index (χ0v) is 12.9. The summed E-state index contributed by atoms with van der Waals surface area (Å²) in [5, 5.41) is 11.6. The SMILES string of the molecule is CC(C)(C)OC(=O)Nc1cc(C(=O)O)cc(Br)c1Cl. The molecule has 0 radical (unpaired) electrons. The van der Waals surface area contributed by atoms with Crippen molar-refractivity contribution in [2.45, 2.75) is 26.4 Å². The number of anilines is 1. The third-order valence-corrected chi connectivity index (χ3v) is 3.17. The second kappa shape index (κ2) is 5.79. The summed E-state index contributed by atoms with van der Waals surface area (Å²) in [4.78, 5) is 22.5. The van der Waals surface area contributed by atoms with Gasteiger partial charge in [-0.2, -0.15) is 0 Å². The number of benzene rings is 1. The number of carbonyl (C=O) groups excluding carboxylic acids is 1. The van der Waals surface area contributed by atoms with E-state index in [1.165, 1.54) is 12.1 Å². The fourth-order valence-electron chi connectivity index (χ4n) is 1.22. The van der Waals surface area contributed by atoms with Gasteiger partial charge in [-0.1, -0.05) is 11.6 Å². The van der Waals surface area contributed by atoms with Gasteiger partial charge in [-0.05, 0) is 48.8 Å². The summed E-state index contributed by atoms with van der Waals surface area (Å²) in [5.41, 5.74) is -0.483. The average molecular weight is 351 g/mol. The van der Waals surface area contributed by atoms with Gasteiger partial charge in [-0.25, -0.2) is 9.59 Å². The summed E-state index contributed by atoms with van der Waals surface area (Å²) in [5.74, 6) is -1.12. The summed E-state index contributed by atoms with van der Waals surface area (Å²) in [6, 6.07) is 2.62. The third kappa shape index (κ3) is 4.72. The van der Waals surface area contributed by atoms with Crippen LogP contribution < -0.4 is 5.32 Å². The highest BCUT2D eigenvalue weighted by Gasteiger charge is 2.19. The van der Waals surface area contributed by atoms with Crippen LogP contribution in [0, 0.1) is 0 Å². The molecule has 7 heteroatoms. The maximum Gasteiger partial charge on any atom is 0.412 e. The molecule has 1 rings (SSSR count). The molecular weight excluding hydrogens is 337 g/mol. The monoisotopic (exact) mass is 349 g/mol. The third-order valence-electron chi connectivity index (χ3n) is 1.91. The van der Waals surface area contributed by atoms with E-state index in [4.69, 9.17) is 21.4 Å². The van der Waals surface area contributed by atoms with Gasteiger partial charge >= 0.3 is 12.1 Å². The predicted octanol–water partition coefficient (Wildman–Crippen LogP) is 4.15. The van der Waals surface area contributed by atoms with Crippen molar-refractivity contribution in [3.05, 3.63) is 27.2 Å². The van der Waals surface area contributed by atoms with Crippen LogP contribution in [0.4, 0.5) is 10.5 Å². The molecule has 0 fully saturated rings. The maximum absolute atomic E-state index is 11.6. The van der Waals surface area contributed by atoms with E-state index in [-0.39, 0.29) is 16.3 Å². The van der Waals surface area contributed by atoms with Gasteiger partial charge in [0.15, 0.2) is 0 Å². The minimum Gasteiger partial charge on any atom is -0.478 e. The molecule has 0 aliphatic rings. The van der Waals surface area contributed by atoms with E-state index < -0.39 is 17.7 Å². The van der Waals surface area contributed by atoms with Crippen LogP contribution in [-0.4, -0.2) is 22.8 Å². The van der Waals surface area contributed by atoms with Crippen molar-refractivity contribution in [3.8, 4) is 0 Å². The molecule has 1 aromatic carbocycles. The molecule has 0 bridgehead atoms. The van der Waals surface area contributed by atoms with Crippen LogP contribution in [-0.2, 0) is 4.74 Å². The Morgan fingerprint density at radius 2 is 1.95 bits per heavy atom. The van der Waals surface area contributed by atoms with Gasteiger partial charge in [0.25, 0.3) is 0 Å². The van der Waals surface area contributed by atoms with E-state index in [1.807, 2.05) is 0 Å². The number of halogens is 2. The van der Waals surface area contributed by atoms with Crippen molar-refractivity contribution in [1.82, 2.24) is 0 Å². The van der Waals surface area contributed by atoms with Crippen molar-refractivity contribution in [3.63, 3.8) is 0 Å². The molecule has 104 valence electrons. The largest absolute Gasteiger partial charge is 0.478 e. The summed E-state index contributed by atoms with van der Waals surface area (Å²) >= 11 is 9.10. The molecule has 0 aliphatic heterocycles. The minimum absolute atomic E-state index is 0.00216. The van der Waals surface area contributed by atoms with Crippen LogP contribution in [0.1, 0.15) is 31.1 Å². The molecule has 0 aromatic heterocycles. The first-order valence-corrected chi connectivity index (χ1v) is 6.49. The molecule has 1 amide bonds. The quantitative estimate of drug-likeness (QED) is 0.840. The van der Waals surface area contributed by atoms with Gasteiger partial charge in [0.05, 0.1) is 16.3 Å².